The number of thiocarbonyl (C=S) groups is 1. The molecule has 0 aromatic carbocycles. The van der Waals surface area contributed by atoms with Crippen LogP contribution in [0.2, 0.25) is 0 Å². The molecule has 2 aliphatic heterocycles. The van der Waals surface area contributed by atoms with Crippen molar-refractivity contribution in [3.8, 4) is 0 Å². The van der Waals surface area contributed by atoms with Crippen LogP contribution in [-0.4, -0.2) is 38.3 Å². The first-order valence-corrected chi connectivity index (χ1v) is 11.5. The van der Waals surface area contributed by atoms with Gasteiger partial charge in [-0.15, -0.1) is 0 Å². The van der Waals surface area contributed by atoms with Gasteiger partial charge >= 0.3 is 0 Å². The van der Waals surface area contributed by atoms with Gasteiger partial charge in [-0.25, -0.2) is 0 Å². The van der Waals surface area contributed by atoms with Gasteiger partial charge < -0.3 is 19.5 Å². The number of hydrogen-bond donors (Lipinski definition) is 1. The van der Waals surface area contributed by atoms with Crippen LogP contribution in [0.15, 0.2) is 42.7 Å². The highest BCUT2D eigenvalue weighted by Gasteiger charge is 2.44. The molecule has 0 amide bonds. The first-order valence-electron chi connectivity index (χ1n) is 11.1. The minimum absolute atomic E-state index is 0.0729. The summed E-state index contributed by atoms with van der Waals surface area (Å²) < 4.78 is 8.32. The largest absolute Gasteiger partial charge is 0.376 e. The van der Waals surface area contributed by atoms with E-state index in [4.69, 9.17) is 17.0 Å². The Labute approximate surface area is 178 Å². The summed E-state index contributed by atoms with van der Waals surface area (Å²) >= 11 is 5.89. The van der Waals surface area contributed by atoms with Gasteiger partial charge in [0.15, 0.2) is 5.11 Å². The van der Waals surface area contributed by atoms with Crippen LogP contribution in [0.25, 0.3) is 0 Å². The minimum atomic E-state index is 0.0729. The predicted molar refractivity (Wildman–Crippen MR) is 118 cm³/mol. The van der Waals surface area contributed by atoms with Gasteiger partial charge in [0.1, 0.15) is 0 Å². The molecule has 4 heterocycles. The van der Waals surface area contributed by atoms with Crippen LogP contribution < -0.4 is 5.32 Å². The summed E-state index contributed by atoms with van der Waals surface area (Å²) in [6, 6.07) is 11.3. The van der Waals surface area contributed by atoms with Crippen LogP contribution in [0.3, 0.4) is 0 Å². The summed E-state index contributed by atoms with van der Waals surface area (Å²) in [4.78, 5) is 7.18. The van der Waals surface area contributed by atoms with Gasteiger partial charge in [-0.3, -0.25) is 4.98 Å². The summed E-state index contributed by atoms with van der Waals surface area (Å²) in [6.07, 6.45) is 13.1. The van der Waals surface area contributed by atoms with E-state index in [2.05, 4.69) is 50.2 Å². The van der Waals surface area contributed by atoms with Crippen LogP contribution in [0, 0.1) is 0 Å². The number of nitrogens with one attached hydrogen (secondary N) is 1. The topological polar surface area (TPSA) is 42.3 Å². The summed E-state index contributed by atoms with van der Waals surface area (Å²) in [5.41, 5.74) is 2.37. The zero-order valence-electron chi connectivity index (χ0n) is 16.9. The third-order valence-electron chi connectivity index (χ3n) is 6.70. The summed E-state index contributed by atoms with van der Waals surface area (Å²) in [5, 5.41) is 4.50. The fraction of sp³-hybridized carbons (Fsp3) is 0.565. The van der Waals surface area contributed by atoms with Crippen LogP contribution in [0.1, 0.15) is 68.4 Å². The lowest BCUT2D eigenvalue weighted by Gasteiger charge is -2.37. The van der Waals surface area contributed by atoms with Crippen LogP contribution >= 0.6 is 12.2 Å². The van der Waals surface area contributed by atoms with E-state index >= 15 is 0 Å². The lowest BCUT2D eigenvalue weighted by Crippen LogP contribution is -2.41. The molecule has 3 aliphatic rings. The maximum atomic E-state index is 5.93. The fourth-order valence-electron chi connectivity index (χ4n) is 5.30. The van der Waals surface area contributed by atoms with Gasteiger partial charge in [-0.1, -0.05) is 25.3 Å². The van der Waals surface area contributed by atoms with E-state index in [1.807, 2.05) is 12.3 Å². The summed E-state index contributed by atoms with van der Waals surface area (Å²) in [6.45, 7) is 1.81. The molecule has 0 unspecified atom stereocenters. The SMILES string of the molecule is S=C1N[C@H](c2ccccn2)[C@H](c2cccn2C[C@H]2CCCO2)N1C1CCCCC1. The lowest BCUT2D eigenvalue weighted by atomic mass is 9.92. The Kier molecular flexibility index (Phi) is 5.55. The molecular weight excluding hydrogens is 380 g/mol. The van der Waals surface area contributed by atoms with Crippen molar-refractivity contribution in [2.24, 2.45) is 0 Å². The molecule has 3 fully saturated rings. The third kappa shape index (κ3) is 3.80. The van der Waals surface area contributed by atoms with Crippen molar-refractivity contribution in [3.63, 3.8) is 0 Å². The molecule has 1 saturated carbocycles. The van der Waals surface area contributed by atoms with Crippen molar-refractivity contribution in [3.05, 3.63) is 54.1 Å². The average molecular weight is 411 g/mol. The monoisotopic (exact) mass is 410 g/mol. The molecule has 5 rings (SSSR count). The average Bonchev–Trinajstić information content (AvgIpc) is 3.50. The minimum Gasteiger partial charge on any atom is -0.376 e. The maximum Gasteiger partial charge on any atom is 0.170 e. The molecule has 3 atom stereocenters. The van der Waals surface area contributed by atoms with E-state index < -0.39 is 0 Å². The molecule has 1 aliphatic carbocycles. The molecule has 0 bridgehead atoms. The van der Waals surface area contributed by atoms with Crippen molar-refractivity contribution in [1.29, 1.82) is 0 Å². The van der Waals surface area contributed by atoms with Crippen LogP contribution in [-0.2, 0) is 11.3 Å². The molecule has 0 spiro atoms. The standard InChI is InChI=1S/C23H30N4OS/c29-23-25-21(19-11-4-5-13-24-19)22(27(23)17-8-2-1-3-9-17)20-12-6-14-26(20)16-18-10-7-15-28-18/h4-6,11-14,17-18,21-22H,1-3,7-10,15-16H2,(H,25,29)/t18-,21-,22+/m1/s1. The Bertz CT molecular complexity index is 826. The Morgan fingerprint density at radius 3 is 2.72 bits per heavy atom. The molecule has 154 valence electrons. The first kappa shape index (κ1) is 19.1. The molecule has 2 aromatic heterocycles. The van der Waals surface area contributed by atoms with Gasteiger partial charge in [0, 0.05) is 37.3 Å². The first-order chi connectivity index (χ1) is 14.3. The highest BCUT2D eigenvalue weighted by molar-refractivity contribution is 7.80. The zero-order chi connectivity index (χ0) is 19.6. The normalized spacial score (nSPS) is 28.1. The lowest BCUT2D eigenvalue weighted by molar-refractivity contribution is 0.0945. The quantitative estimate of drug-likeness (QED) is 0.742. The van der Waals surface area contributed by atoms with Crippen molar-refractivity contribution < 1.29 is 4.74 Å². The van der Waals surface area contributed by atoms with E-state index in [9.17, 15) is 0 Å². The van der Waals surface area contributed by atoms with Crippen molar-refractivity contribution in [2.75, 3.05) is 6.61 Å². The van der Waals surface area contributed by atoms with Gasteiger partial charge in [0.2, 0.25) is 0 Å². The molecule has 1 N–H and O–H groups in total. The van der Waals surface area contributed by atoms with E-state index in [-0.39, 0.29) is 12.1 Å². The van der Waals surface area contributed by atoms with Crippen LogP contribution in [0.4, 0.5) is 0 Å². The Morgan fingerprint density at radius 1 is 1.07 bits per heavy atom. The third-order valence-corrected chi connectivity index (χ3v) is 7.02. The predicted octanol–water partition coefficient (Wildman–Crippen LogP) is 4.37. The Hall–Kier alpha value is -1.92. The highest BCUT2D eigenvalue weighted by Crippen LogP contribution is 2.42. The molecule has 6 heteroatoms. The zero-order valence-corrected chi connectivity index (χ0v) is 17.7. The number of rotatable bonds is 5. The maximum absolute atomic E-state index is 5.93. The summed E-state index contributed by atoms with van der Waals surface area (Å²) in [7, 11) is 0. The second-order valence-corrected chi connectivity index (χ2v) is 8.93. The van der Waals surface area contributed by atoms with Crippen molar-refractivity contribution in [1.82, 2.24) is 19.8 Å². The summed E-state index contributed by atoms with van der Waals surface area (Å²) in [5.74, 6) is 0. The van der Waals surface area contributed by atoms with Gasteiger partial charge in [-0.2, -0.15) is 0 Å². The number of ether oxygens (including phenoxy) is 1. The number of nitrogens with zero attached hydrogens (tertiary/aromatic N) is 3. The van der Waals surface area contributed by atoms with E-state index in [0.29, 0.717) is 12.1 Å². The molecular formula is C23H30N4OS. The van der Waals surface area contributed by atoms with Gasteiger partial charge in [-0.05, 0) is 62.2 Å². The second kappa shape index (κ2) is 8.44. The smallest absolute Gasteiger partial charge is 0.170 e. The molecule has 2 saturated heterocycles. The van der Waals surface area contributed by atoms with E-state index in [1.165, 1.54) is 44.2 Å². The van der Waals surface area contributed by atoms with E-state index in [1.54, 1.807) is 0 Å². The Balaban J connectivity index is 1.51. The van der Waals surface area contributed by atoms with Crippen molar-refractivity contribution >= 4 is 17.3 Å². The second-order valence-electron chi connectivity index (χ2n) is 8.55. The van der Waals surface area contributed by atoms with Crippen LogP contribution in [0.5, 0.6) is 0 Å². The Morgan fingerprint density at radius 2 is 1.97 bits per heavy atom. The van der Waals surface area contributed by atoms with Gasteiger partial charge in [0.05, 0.1) is 23.9 Å². The molecule has 5 nitrogen and oxygen atoms in total. The number of pyridine rings is 1. The van der Waals surface area contributed by atoms with Gasteiger partial charge in [0.25, 0.3) is 0 Å². The van der Waals surface area contributed by atoms with E-state index in [0.717, 1.165) is 30.4 Å². The molecule has 29 heavy (non-hydrogen) atoms. The van der Waals surface area contributed by atoms with Crippen molar-refractivity contribution in [2.45, 2.75) is 75.7 Å². The molecule has 2 aromatic rings. The number of hydrogen-bond acceptors (Lipinski definition) is 3. The highest BCUT2D eigenvalue weighted by atomic mass is 32.1. The number of aromatic nitrogens is 2. The fourth-order valence-corrected chi connectivity index (χ4v) is 5.69. The molecule has 0 radical (unpaired) electrons.